The summed E-state index contributed by atoms with van der Waals surface area (Å²) in [5.74, 6) is 0.886. The van der Waals surface area contributed by atoms with E-state index in [2.05, 4.69) is 5.32 Å². The van der Waals surface area contributed by atoms with Gasteiger partial charge in [-0.15, -0.1) is 0 Å². The van der Waals surface area contributed by atoms with Crippen LogP contribution in [0.5, 0.6) is 0 Å². The minimum atomic E-state index is -0.469. The highest BCUT2D eigenvalue weighted by molar-refractivity contribution is 6.06. The van der Waals surface area contributed by atoms with Gasteiger partial charge in [0.2, 0.25) is 0 Å². The number of aryl methyl sites for hydroxylation is 3. The van der Waals surface area contributed by atoms with Crippen molar-refractivity contribution in [3.05, 3.63) is 56.5 Å². The van der Waals surface area contributed by atoms with Crippen LogP contribution in [-0.2, 0) is 0 Å². The fourth-order valence-corrected chi connectivity index (χ4v) is 2.20. The van der Waals surface area contributed by atoms with Crippen LogP contribution in [-0.4, -0.2) is 10.8 Å². The normalized spacial score (nSPS) is 10.5. The Morgan fingerprint density at radius 2 is 1.86 bits per heavy atom. The predicted octanol–water partition coefficient (Wildman–Crippen LogP) is 3.67. The summed E-state index contributed by atoms with van der Waals surface area (Å²) in [5.41, 5.74) is 2.14. The molecular formula is C15H16N2O4. The van der Waals surface area contributed by atoms with E-state index in [1.165, 1.54) is 6.07 Å². The maximum absolute atomic E-state index is 12.3. The van der Waals surface area contributed by atoms with E-state index in [4.69, 9.17) is 4.42 Å². The Morgan fingerprint density at radius 3 is 2.38 bits per heavy atom. The first-order valence-electron chi connectivity index (χ1n) is 6.44. The summed E-state index contributed by atoms with van der Waals surface area (Å²) in [5, 5.41) is 13.6. The van der Waals surface area contributed by atoms with E-state index in [-0.39, 0.29) is 11.6 Å². The van der Waals surface area contributed by atoms with Crippen LogP contribution in [0.15, 0.2) is 22.6 Å². The zero-order valence-corrected chi connectivity index (χ0v) is 12.3. The lowest BCUT2D eigenvalue weighted by molar-refractivity contribution is -0.385. The highest BCUT2D eigenvalue weighted by Gasteiger charge is 2.19. The van der Waals surface area contributed by atoms with Crippen LogP contribution in [0.25, 0.3) is 0 Å². The SMILES string of the molecule is Cc1ccc(NC(=O)c2c(C)oc(C)c2C)cc1[N+](=O)[O-]. The lowest BCUT2D eigenvalue weighted by Gasteiger charge is -2.06. The molecule has 0 aliphatic heterocycles. The maximum atomic E-state index is 12.3. The van der Waals surface area contributed by atoms with Crippen LogP contribution >= 0.6 is 0 Å². The second-order valence-corrected chi connectivity index (χ2v) is 4.93. The molecule has 0 saturated carbocycles. The largest absolute Gasteiger partial charge is 0.466 e. The molecule has 21 heavy (non-hydrogen) atoms. The third kappa shape index (κ3) is 2.79. The molecule has 2 rings (SSSR count). The van der Waals surface area contributed by atoms with Gasteiger partial charge in [0, 0.05) is 22.9 Å². The summed E-state index contributed by atoms with van der Waals surface area (Å²) in [6.45, 7) is 6.96. The molecule has 0 radical (unpaired) electrons. The first-order chi connectivity index (χ1) is 9.81. The number of nitro benzene ring substituents is 1. The Labute approximate surface area is 121 Å². The van der Waals surface area contributed by atoms with Crippen LogP contribution in [0.2, 0.25) is 0 Å². The number of nitrogens with one attached hydrogen (secondary N) is 1. The molecule has 0 aliphatic rings. The number of furan rings is 1. The number of nitrogens with zero attached hydrogens (tertiary/aromatic N) is 1. The number of nitro groups is 1. The second kappa shape index (κ2) is 5.40. The van der Waals surface area contributed by atoms with E-state index in [0.717, 1.165) is 5.56 Å². The van der Waals surface area contributed by atoms with E-state index >= 15 is 0 Å². The number of amides is 1. The standard InChI is InChI=1S/C15H16N2O4/c1-8-5-6-12(7-13(8)17(19)20)16-15(18)14-9(2)10(3)21-11(14)4/h5-7H,1-4H3,(H,16,18). The molecule has 2 aromatic rings. The summed E-state index contributed by atoms with van der Waals surface area (Å²) in [4.78, 5) is 22.7. The molecule has 6 nitrogen and oxygen atoms in total. The van der Waals surface area contributed by atoms with Crippen molar-refractivity contribution in [2.24, 2.45) is 0 Å². The van der Waals surface area contributed by atoms with Crippen molar-refractivity contribution in [2.45, 2.75) is 27.7 Å². The van der Waals surface area contributed by atoms with Gasteiger partial charge >= 0.3 is 0 Å². The van der Waals surface area contributed by atoms with Crippen LogP contribution < -0.4 is 5.32 Å². The van der Waals surface area contributed by atoms with Gasteiger partial charge in [0.1, 0.15) is 11.5 Å². The summed E-state index contributed by atoms with van der Waals surface area (Å²) in [7, 11) is 0. The van der Waals surface area contributed by atoms with Gasteiger partial charge in [0.25, 0.3) is 11.6 Å². The average molecular weight is 288 g/mol. The van der Waals surface area contributed by atoms with Crippen molar-refractivity contribution in [3.8, 4) is 0 Å². The van der Waals surface area contributed by atoms with Crippen LogP contribution in [0.1, 0.15) is 33.0 Å². The van der Waals surface area contributed by atoms with E-state index < -0.39 is 4.92 Å². The molecule has 0 unspecified atom stereocenters. The fourth-order valence-electron chi connectivity index (χ4n) is 2.20. The van der Waals surface area contributed by atoms with E-state index in [1.807, 2.05) is 0 Å². The molecule has 0 atom stereocenters. The van der Waals surface area contributed by atoms with Gasteiger partial charge in [-0.2, -0.15) is 0 Å². The van der Waals surface area contributed by atoms with Crippen molar-refractivity contribution >= 4 is 17.3 Å². The average Bonchev–Trinajstić information content (AvgIpc) is 2.65. The Morgan fingerprint density at radius 1 is 1.19 bits per heavy atom. The van der Waals surface area contributed by atoms with Crippen LogP contribution in [0.3, 0.4) is 0 Å². The first-order valence-corrected chi connectivity index (χ1v) is 6.44. The molecule has 0 aliphatic carbocycles. The Balaban J connectivity index is 2.32. The molecule has 1 aromatic heterocycles. The Kier molecular flexibility index (Phi) is 3.80. The number of rotatable bonds is 3. The van der Waals surface area contributed by atoms with Crippen LogP contribution in [0, 0.1) is 37.8 Å². The number of benzene rings is 1. The van der Waals surface area contributed by atoms with Crippen molar-refractivity contribution in [1.82, 2.24) is 0 Å². The number of hydrogen-bond donors (Lipinski definition) is 1. The van der Waals surface area contributed by atoms with Crippen molar-refractivity contribution in [2.75, 3.05) is 5.32 Å². The molecule has 1 aromatic carbocycles. The quantitative estimate of drug-likeness (QED) is 0.689. The van der Waals surface area contributed by atoms with E-state index in [1.54, 1.807) is 39.8 Å². The van der Waals surface area contributed by atoms with Gasteiger partial charge in [0.05, 0.1) is 10.5 Å². The van der Waals surface area contributed by atoms with E-state index in [9.17, 15) is 14.9 Å². The minimum Gasteiger partial charge on any atom is -0.466 e. The summed E-state index contributed by atoms with van der Waals surface area (Å²) in [6.07, 6.45) is 0. The molecular weight excluding hydrogens is 272 g/mol. The highest BCUT2D eigenvalue weighted by Crippen LogP contribution is 2.25. The lowest BCUT2D eigenvalue weighted by atomic mass is 10.1. The Hall–Kier alpha value is -2.63. The maximum Gasteiger partial charge on any atom is 0.274 e. The molecule has 0 spiro atoms. The molecule has 1 heterocycles. The molecule has 1 N–H and O–H groups in total. The van der Waals surface area contributed by atoms with E-state index in [0.29, 0.717) is 28.3 Å². The first kappa shape index (κ1) is 14.8. The fraction of sp³-hybridized carbons (Fsp3) is 0.267. The molecule has 110 valence electrons. The molecule has 1 amide bonds. The van der Waals surface area contributed by atoms with Gasteiger partial charge in [-0.05, 0) is 33.8 Å². The van der Waals surface area contributed by atoms with Gasteiger partial charge in [-0.3, -0.25) is 14.9 Å². The number of carbonyl (C=O) groups excluding carboxylic acids is 1. The van der Waals surface area contributed by atoms with Crippen molar-refractivity contribution in [3.63, 3.8) is 0 Å². The monoisotopic (exact) mass is 288 g/mol. The number of carbonyl (C=O) groups is 1. The van der Waals surface area contributed by atoms with Crippen molar-refractivity contribution in [1.29, 1.82) is 0 Å². The number of anilines is 1. The zero-order valence-electron chi connectivity index (χ0n) is 12.3. The topological polar surface area (TPSA) is 85.4 Å². The molecule has 6 heteroatoms. The van der Waals surface area contributed by atoms with Gasteiger partial charge < -0.3 is 9.73 Å². The Bertz CT molecular complexity index is 732. The molecule has 0 fully saturated rings. The third-order valence-electron chi connectivity index (χ3n) is 3.45. The third-order valence-corrected chi connectivity index (χ3v) is 3.45. The smallest absolute Gasteiger partial charge is 0.274 e. The predicted molar refractivity (Wildman–Crippen MR) is 78.7 cm³/mol. The van der Waals surface area contributed by atoms with Crippen LogP contribution in [0.4, 0.5) is 11.4 Å². The van der Waals surface area contributed by atoms with Crippen molar-refractivity contribution < 1.29 is 14.1 Å². The minimum absolute atomic E-state index is 0.0235. The second-order valence-electron chi connectivity index (χ2n) is 4.93. The summed E-state index contributed by atoms with van der Waals surface area (Å²) >= 11 is 0. The molecule has 0 bridgehead atoms. The van der Waals surface area contributed by atoms with Gasteiger partial charge in [-0.25, -0.2) is 0 Å². The molecule has 0 saturated heterocycles. The van der Waals surface area contributed by atoms with Gasteiger partial charge in [-0.1, -0.05) is 6.07 Å². The summed E-state index contributed by atoms with van der Waals surface area (Å²) in [6, 6.07) is 4.59. The highest BCUT2D eigenvalue weighted by atomic mass is 16.6. The number of hydrogen-bond acceptors (Lipinski definition) is 4. The summed E-state index contributed by atoms with van der Waals surface area (Å²) < 4.78 is 5.42. The van der Waals surface area contributed by atoms with Gasteiger partial charge in [0.15, 0.2) is 0 Å². The lowest BCUT2D eigenvalue weighted by Crippen LogP contribution is -2.13. The zero-order chi connectivity index (χ0) is 15.7.